The van der Waals surface area contributed by atoms with Gasteiger partial charge in [0, 0.05) is 4.83 Å². The molecule has 0 radical (unpaired) electrons. The van der Waals surface area contributed by atoms with Crippen LogP contribution in [-0.4, -0.2) is 0 Å². The molecule has 106 valence electrons. The number of rotatable bonds is 4. The Morgan fingerprint density at radius 2 is 2.00 bits per heavy atom. The van der Waals surface area contributed by atoms with Gasteiger partial charge in [0.05, 0.1) is 0 Å². The van der Waals surface area contributed by atoms with E-state index in [9.17, 15) is 0 Å². The fourth-order valence-electron chi connectivity index (χ4n) is 3.56. The van der Waals surface area contributed by atoms with Crippen LogP contribution in [0.25, 0.3) is 0 Å². The summed E-state index contributed by atoms with van der Waals surface area (Å²) in [6, 6.07) is 7.07. The van der Waals surface area contributed by atoms with E-state index in [2.05, 4.69) is 61.8 Å². The maximum Gasteiger partial charge on any atom is 0.0431 e. The van der Waals surface area contributed by atoms with Crippen molar-refractivity contribution in [3.05, 3.63) is 34.9 Å². The van der Waals surface area contributed by atoms with Gasteiger partial charge in [-0.25, -0.2) is 0 Å². The molecule has 0 N–H and O–H groups in total. The van der Waals surface area contributed by atoms with Crippen LogP contribution >= 0.6 is 15.9 Å². The van der Waals surface area contributed by atoms with Gasteiger partial charge in [-0.3, -0.25) is 0 Å². The van der Waals surface area contributed by atoms with Gasteiger partial charge in [0.25, 0.3) is 0 Å². The number of alkyl halides is 1. The molecule has 0 aliphatic heterocycles. The van der Waals surface area contributed by atoms with Crippen molar-refractivity contribution in [2.24, 2.45) is 11.3 Å². The van der Waals surface area contributed by atoms with E-state index in [1.165, 1.54) is 30.4 Å². The van der Waals surface area contributed by atoms with Crippen molar-refractivity contribution in [1.29, 1.82) is 0 Å². The van der Waals surface area contributed by atoms with E-state index >= 15 is 0 Å². The summed E-state index contributed by atoms with van der Waals surface area (Å²) in [6.45, 7) is 9.39. The third-order valence-corrected chi connectivity index (χ3v) is 6.12. The summed E-state index contributed by atoms with van der Waals surface area (Å²) in [5, 5.41) is 0. The SMILES string of the molecule is CCc1ccc(CC)c(C(Br)C2CCCC2(C)C)c1. The van der Waals surface area contributed by atoms with Gasteiger partial charge in [-0.1, -0.05) is 68.2 Å². The molecule has 0 nitrogen and oxygen atoms in total. The van der Waals surface area contributed by atoms with Crippen molar-refractivity contribution in [3.63, 3.8) is 0 Å². The van der Waals surface area contributed by atoms with Crippen LogP contribution in [0.5, 0.6) is 0 Å². The van der Waals surface area contributed by atoms with Gasteiger partial charge < -0.3 is 0 Å². The molecule has 1 aromatic rings. The molecule has 19 heavy (non-hydrogen) atoms. The van der Waals surface area contributed by atoms with Crippen LogP contribution in [-0.2, 0) is 12.8 Å². The van der Waals surface area contributed by atoms with Crippen LogP contribution in [0.4, 0.5) is 0 Å². The molecule has 0 heterocycles. The molecule has 0 amide bonds. The average molecular weight is 323 g/mol. The Morgan fingerprint density at radius 3 is 2.53 bits per heavy atom. The lowest BCUT2D eigenvalue weighted by atomic mass is 9.77. The van der Waals surface area contributed by atoms with Crippen molar-refractivity contribution in [2.75, 3.05) is 0 Å². The molecular weight excluding hydrogens is 296 g/mol. The lowest BCUT2D eigenvalue weighted by Crippen LogP contribution is -2.22. The van der Waals surface area contributed by atoms with Crippen molar-refractivity contribution >= 4 is 15.9 Å². The number of hydrogen-bond donors (Lipinski definition) is 0. The Labute approximate surface area is 127 Å². The Hall–Kier alpha value is -0.300. The first-order valence-electron chi connectivity index (χ1n) is 7.75. The van der Waals surface area contributed by atoms with E-state index in [1.807, 2.05) is 0 Å². The highest BCUT2D eigenvalue weighted by Gasteiger charge is 2.39. The first-order valence-corrected chi connectivity index (χ1v) is 8.67. The molecule has 1 fully saturated rings. The minimum atomic E-state index is 0.474. The third-order valence-electron chi connectivity index (χ3n) is 4.99. The van der Waals surface area contributed by atoms with E-state index < -0.39 is 0 Å². The fraction of sp³-hybridized carbons (Fsp3) is 0.667. The van der Waals surface area contributed by atoms with Gasteiger partial charge in [-0.05, 0) is 53.7 Å². The lowest BCUT2D eigenvalue weighted by Gasteiger charge is -2.32. The summed E-state index contributed by atoms with van der Waals surface area (Å²) in [5.41, 5.74) is 5.00. The van der Waals surface area contributed by atoms with E-state index in [-0.39, 0.29) is 0 Å². The summed E-state index contributed by atoms with van der Waals surface area (Å²) in [7, 11) is 0. The summed E-state index contributed by atoms with van der Waals surface area (Å²) in [5.74, 6) is 0.768. The van der Waals surface area contributed by atoms with Crippen LogP contribution < -0.4 is 0 Å². The summed E-state index contributed by atoms with van der Waals surface area (Å²) in [6.07, 6.45) is 6.38. The minimum absolute atomic E-state index is 0.474. The van der Waals surface area contributed by atoms with Crippen molar-refractivity contribution < 1.29 is 0 Å². The van der Waals surface area contributed by atoms with Crippen LogP contribution in [0.15, 0.2) is 18.2 Å². The number of hydrogen-bond acceptors (Lipinski definition) is 0. The Balaban J connectivity index is 2.34. The first kappa shape index (κ1) is 15.1. The molecule has 0 saturated heterocycles. The van der Waals surface area contributed by atoms with E-state index in [0.717, 1.165) is 18.8 Å². The topological polar surface area (TPSA) is 0 Å². The second-order valence-corrected chi connectivity index (χ2v) is 7.62. The standard InChI is InChI=1S/C18H27Br/c1-5-13-9-10-14(6-2)15(12-13)17(19)16-8-7-11-18(16,3)4/h9-10,12,16-17H,5-8,11H2,1-4H3. The highest BCUT2D eigenvalue weighted by Crippen LogP contribution is 2.52. The molecule has 1 aliphatic carbocycles. The molecule has 1 aromatic carbocycles. The summed E-state index contributed by atoms with van der Waals surface area (Å²) in [4.78, 5) is 0.520. The van der Waals surface area contributed by atoms with Gasteiger partial charge in [-0.2, -0.15) is 0 Å². The zero-order valence-corrected chi connectivity index (χ0v) is 14.4. The summed E-state index contributed by atoms with van der Waals surface area (Å²) >= 11 is 4.04. The molecule has 2 atom stereocenters. The number of benzene rings is 1. The predicted molar refractivity (Wildman–Crippen MR) is 88.0 cm³/mol. The quantitative estimate of drug-likeness (QED) is 0.590. The smallest absolute Gasteiger partial charge is 0.0431 e. The third kappa shape index (κ3) is 3.07. The second kappa shape index (κ2) is 5.99. The highest BCUT2D eigenvalue weighted by atomic mass is 79.9. The van der Waals surface area contributed by atoms with Crippen molar-refractivity contribution in [1.82, 2.24) is 0 Å². The van der Waals surface area contributed by atoms with E-state index in [4.69, 9.17) is 0 Å². The van der Waals surface area contributed by atoms with Crippen LogP contribution in [0.1, 0.15) is 68.5 Å². The van der Waals surface area contributed by atoms with Crippen LogP contribution in [0.3, 0.4) is 0 Å². The number of aryl methyl sites for hydroxylation is 2. The zero-order valence-electron chi connectivity index (χ0n) is 12.8. The van der Waals surface area contributed by atoms with Crippen LogP contribution in [0.2, 0.25) is 0 Å². The fourth-order valence-corrected chi connectivity index (χ4v) is 4.96. The molecule has 2 rings (SSSR count). The van der Waals surface area contributed by atoms with Crippen molar-refractivity contribution in [2.45, 2.75) is 64.6 Å². The van der Waals surface area contributed by atoms with Gasteiger partial charge in [0.1, 0.15) is 0 Å². The highest BCUT2D eigenvalue weighted by molar-refractivity contribution is 9.09. The predicted octanol–water partition coefficient (Wildman–Crippen LogP) is 6.07. The van der Waals surface area contributed by atoms with Gasteiger partial charge in [0.2, 0.25) is 0 Å². The minimum Gasteiger partial charge on any atom is -0.0835 e. The average Bonchev–Trinajstić information content (AvgIpc) is 2.76. The monoisotopic (exact) mass is 322 g/mol. The molecule has 1 aliphatic rings. The zero-order chi connectivity index (χ0) is 14.0. The van der Waals surface area contributed by atoms with Gasteiger partial charge in [-0.15, -0.1) is 0 Å². The van der Waals surface area contributed by atoms with E-state index in [1.54, 1.807) is 5.56 Å². The lowest BCUT2D eigenvalue weighted by molar-refractivity contribution is 0.256. The Kier molecular flexibility index (Phi) is 4.76. The van der Waals surface area contributed by atoms with Crippen LogP contribution in [0, 0.1) is 11.3 Å². The molecule has 0 spiro atoms. The van der Waals surface area contributed by atoms with E-state index in [0.29, 0.717) is 10.2 Å². The maximum absolute atomic E-state index is 4.04. The molecule has 0 aromatic heterocycles. The largest absolute Gasteiger partial charge is 0.0835 e. The molecule has 1 saturated carbocycles. The number of halogens is 1. The van der Waals surface area contributed by atoms with Gasteiger partial charge in [0.15, 0.2) is 0 Å². The first-order chi connectivity index (χ1) is 8.99. The van der Waals surface area contributed by atoms with Crippen molar-refractivity contribution in [3.8, 4) is 0 Å². The molecular formula is C18H27Br. The summed E-state index contributed by atoms with van der Waals surface area (Å²) < 4.78 is 0. The Bertz CT molecular complexity index is 433. The molecule has 1 heteroatoms. The molecule has 2 unspecified atom stereocenters. The second-order valence-electron chi connectivity index (χ2n) is 6.63. The maximum atomic E-state index is 4.04. The normalized spacial score (nSPS) is 23.5. The van der Waals surface area contributed by atoms with Gasteiger partial charge >= 0.3 is 0 Å². The molecule has 0 bridgehead atoms. The Morgan fingerprint density at radius 1 is 1.26 bits per heavy atom.